The lowest BCUT2D eigenvalue weighted by atomic mass is 9.78. The zero-order chi connectivity index (χ0) is 9.42. The molecule has 0 heterocycles. The van der Waals surface area contributed by atoms with Crippen LogP contribution in [0.2, 0.25) is 0 Å². The summed E-state index contributed by atoms with van der Waals surface area (Å²) in [6.45, 7) is 1.59. The topological polar surface area (TPSA) is 34.1 Å². The summed E-state index contributed by atoms with van der Waals surface area (Å²) in [7, 11) is 0. The van der Waals surface area contributed by atoms with Gasteiger partial charge in [-0.1, -0.05) is 0 Å². The smallest absolute Gasteiger partial charge is 0.139 e. The molecule has 2 aliphatic carbocycles. The zero-order valence-electron chi connectivity index (χ0n) is 8.08. The van der Waals surface area contributed by atoms with Crippen LogP contribution in [0.3, 0.4) is 0 Å². The molecule has 0 radical (unpaired) electrons. The summed E-state index contributed by atoms with van der Waals surface area (Å²) in [5, 5.41) is 0. The lowest BCUT2D eigenvalue weighted by Crippen LogP contribution is -2.29. The summed E-state index contributed by atoms with van der Waals surface area (Å²) in [4.78, 5) is 22.7. The molecule has 0 aromatic heterocycles. The number of Topliss-reactive ketones (excluding diaryl/α,β-unsaturated/α-hetero) is 2. The van der Waals surface area contributed by atoms with E-state index in [4.69, 9.17) is 0 Å². The average molecular weight is 180 g/mol. The van der Waals surface area contributed by atoms with Gasteiger partial charge in [0, 0.05) is 18.3 Å². The van der Waals surface area contributed by atoms with Crippen molar-refractivity contribution in [1.29, 1.82) is 0 Å². The van der Waals surface area contributed by atoms with Crippen molar-refractivity contribution >= 4 is 11.6 Å². The summed E-state index contributed by atoms with van der Waals surface area (Å²) in [6.07, 6.45) is 4.87. The minimum absolute atomic E-state index is 0.0729. The van der Waals surface area contributed by atoms with E-state index in [-0.39, 0.29) is 11.7 Å². The number of carbonyl (C=O) groups is 2. The lowest BCUT2D eigenvalue weighted by molar-refractivity contribution is -0.132. The predicted molar refractivity (Wildman–Crippen MR) is 49.2 cm³/mol. The van der Waals surface area contributed by atoms with E-state index in [1.807, 2.05) is 0 Å². The van der Waals surface area contributed by atoms with Crippen LogP contribution in [0.15, 0.2) is 0 Å². The van der Waals surface area contributed by atoms with Gasteiger partial charge in [0.05, 0.1) is 0 Å². The van der Waals surface area contributed by atoms with Gasteiger partial charge in [0.2, 0.25) is 0 Å². The van der Waals surface area contributed by atoms with Gasteiger partial charge in [-0.25, -0.2) is 0 Å². The molecule has 2 bridgehead atoms. The Morgan fingerprint density at radius 1 is 1.38 bits per heavy atom. The highest BCUT2D eigenvalue weighted by molar-refractivity contribution is 5.89. The van der Waals surface area contributed by atoms with Gasteiger partial charge in [0.1, 0.15) is 11.6 Å². The molecule has 2 nitrogen and oxygen atoms in total. The third-order valence-corrected chi connectivity index (χ3v) is 3.50. The van der Waals surface area contributed by atoms with Crippen molar-refractivity contribution in [3.63, 3.8) is 0 Å². The van der Waals surface area contributed by atoms with Gasteiger partial charge in [-0.05, 0) is 38.5 Å². The van der Waals surface area contributed by atoms with Crippen molar-refractivity contribution < 1.29 is 9.59 Å². The second kappa shape index (κ2) is 3.24. The molecular formula is C11H16O2. The number of hydrogen-bond acceptors (Lipinski definition) is 2. The summed E-state index contributed by atoms with van der Waals surface area (Å²) in [5.41, 5.74) is 0. The highest BCUT2D eigenvalue weighted by Gasteiger charge is 2.40. The second-order valence-electron chi connectivity index (χ2n) is 4.62. The molecular weight excluding hydrogens is 164 g/mol. The van der Waals surface area contributed by atoms with Crippen LogP contribution in [0.5, 0.6) is 0 Å². The third kappa shape index (κ3) is 1.67. The monoisotopic (exact) mass is 180 g/mol. The number of hydrogen-bond donors (Lipinski definition) is 0. The van der Waals surface area contributed by atoms with E-state index >= 15 is 0 Å². The summed E-state index contributed by atoms with van der Waals surface area (Å²) < 4.78 is 0. The largest absolute Gasteiger partial charge is 0.300 e. The van der Waals surface area contributed by atoms with Crippen molar-refractivity contribution in [3.05, 3.63) is 0 Å². The highest BCUT2D eigenvalue weighted by atomic mass is 16.1. The lowest BCUT2D eigenvalue weighted by Gasteiger charge is -2.25. The molecule has 2 fully saturated rings. The van der Waals surface area contributed by atoms with Crippen LogP contribution in [0, 0.1) is 17.8 Å². The van der Waals surface area contributed by atoms with Crippen LogP contribution < -0.4 is 0 Å². The van der Waals surface area contributed by atoms with Crippen LogP contribution in [-0.2, 0) is 9.59 Å². The molecule has 0 aliphatic heterocycles. The fourth-order valence-electron chi connectivity index (χ4n) is 2.93. The molecule has 0 amide bonds. The fraction of sp³-hybridized carbons (Fsp3) is 0.818. The van der Waals surface area contributed by atoms with Crippen molar-refractivity contribution in [2.45, 2.75) is 39.0 Å². The van der Waals surface area contributed by atoms with Gasteiger partial charge < -0.3 is 4.79 Å². The Morgan fingerprint density at radius 2 is 2.15 bits per heavy atom. The van der Waals surface area contributed by atoms with Crippen molar-refractivity contribution in [1.82, 2.24) is 0 Å². The zero-order valence-corrected chi connectivity index (χ0v) is 8.08. The van der Waals surface area contributed by atoms with E-state index in [1.165, 1.54) is 6.42 Å². The minimum Gasteiger partial charge on any atom is -0.300 e. The normalized spacial score (nSPS) is 37.9. The van der Waals surface area contributed by atoms with Gasteiger partial charge in [-0.15, -0.1) is 0 Å². The second-order valence-corrected chi connectivity index (χ2v) is 4.62. The molecule has 72 valence electrons. The van der Waals surface area contributed by atoms with Gasteiger partial charge in [0.15, 0.2) is 0 Å². The van der Waals surface area contributed by atoms with Crippen molar-refractivity contribution in [2.75, 3.05) is 0 Å². The SMILES string of the molecule is CC(=O)C[C@@H]1C[C@H]2CC[C@@H](C2)C1=O. The number of carbonyl (C=O) groups excluding carboxylic acids is 2. The maximum absolute atomic E-state index is 11.8. The van der Waals surface area contributed by atoms with E-state index in [2.05, 4.69) is 0 Å². The first-order chi connectivity index (χ1) is 6.16. The molecule has 0 unspecified atom stereocenters. The predicted octanol–water partition coefficient (Wildman–Crippen LogP) is 1.97. The molecule has 0 aromatic rings. The summed E-state index contributed by atoms with van der Waals surface area (Å²) >= 11 is 0. The summed E-state index contributed by atoms with van der Waals surface area (Å²) in [6, 6.07) is 0. The minimum atomic E-state index is 0.0729. The first kappa shape index (κ1) is 8.92. The molecule has 0 aromatic carbocycles. The molecule has 2 saturated carbocycles. The maximum Gasteiger partial charge on any atom is 0.139 e. The quantitative estimate of drug-likeness (QED) is 0.651. The van der Waals surface area contributed by atoms with Crippen LogP contribution in [-0.4, -0.2) is 11.6 Å². The van der Waals surface area contributed by atoms with Gasteiger partial charge in [-0.2, -0.15) is 0 Å². The number of fused-ring (bicyclic) bond motifs is 2. The average Bonchev–Trinajstić information content (AvgIpc) is 2.44. The molecule has 2 heteroatoms. The molecule has 2 aliphatic rings. The van der Waals surface area contributed by atoms with E-state index in [9.17, 15) is 9.59 Å². The van der Waals surface area contributed by atoms with Crippen LogP contribution in [0.4, 0.5) is 0 Å². The van der Waals surface area contributed by atoms with E-state index in [0.29, 0.717) is 18.1 Å². The molecule has 0 saturated heterocycles. The fourth-order valence-corrected chi connectivity index (χ4v) is 2.93. The Hall–Kier alpha value is -0.660. The van der Waals surface area contributed by atoms with Gasteiger partial charge in [-0.3, -0.25) is 4.79 Å². The van der Waals surface area contributed by atoms with Crippen LogP contribution in [0.25, 0.3) is 0 Å². The summed E-state index contributed by atoms with van der Waals surface area (Å²) in [5.74, 6) is 1.67. The standard InChI is InChI=1S/C11H16O2/c1-7(12)4-10-6-8-2-3-9(5-8)11(10)13/h8-10H,2-6H2,1H3/t8-,9-,10+/m0/s1. The molecule has 13 heavy (non-hydrogen) atoms. The molecule has 0 N–H and O–H groups in total. The van der Waals surface area contributed by atoms with Crippen molar-refractivity contribution in [2.24, 2.45) is 17.8 Å². The van der Waals surface area contributed by atoms with Crippen LogP contribution >= 0.6 is 0 Å². The Bertz CT molecular complexity index is 244. The number of rotatable bonds is 2. The highest BCUT2D eigenvalue weighted by Crippen LogP contribution is 2.43. The van der Waals surface area contributed by atoms with E-state index in [0.717, 1.165) is 25.2 Å². The Balaban J connectivity index is 2.04. The number of ketones is 2. The van der Waals surface area contributed by atoms with Gasteiger partial charge >= 0.3 is 0 Å². The third-order valence-electron chi connectivity index (χ3n) is 3.50. The van der Waals surface area contributed by atoms with E-state index < -0.39 is 0 Å². The Morgan fingerprint density at radius 3 is 2.85 bits per heavy atom. The molecule has 3 atom stereocenters. The first-order valence-corrected chi connectivity index (χ1v) is 5.20. The van der Waals surface area contributed by atoms with Crippen LogP contribution in [0.1, 0.15) is 39.0 Å². The van der Waals surface area contributed by atoms with Gasteiger partial charge in [0.25, 0.3) is 0 Å². The maximum atomic E-state index is 11.8. The van der Waals surface area contributed by atoms with Crippen molar-refractivity contribution in [3.8, 4) is 0 Å². The van der Waals surface area contributed by atoms with E-state index in [1.54, 1.807) is 6.92 Å². The Labute approximate surface area is 78.7 Å². The first-order valence-electron chi connectivity index (χ1n) is 5.20. The molecule has 2 rings (SSSR count). The Kier molecular flexibility index (Phi) is 2.22. The molecule has 0 spiro atoms.